The van der Waals surface area contributed by atoms with Gasteiger partial charge in [0.25, 0.3) is 0 Å². The van der Waals surface area contributed by atoms with Gasteiger partial charge in [0, 0.05) is 44.9 Å². The summed E-state index contributed by atoms with van der Waals surface area (Å²) in [5.41, 5.74) is 1.24. The second kappa shape index (κ2) is 6.39. The molecule has 0 aromatic carbocycles. The number of nitrogens with one attached hydrogen (secondary N) is 1. The molecule has 2 aromatic rings. The minimum absolute atomic E-state index is 0.0802. The van der Waals surface area contributed by atoms with E-state index in [2.05, 4.69) is 25.0 Å². The predicted molar refractivity (Wildman–Crippen MR) is 82.7 cm³/mol. The summed E-state index contributed by atoms with van der Waals surface area (Å²) < 4.78 is 7.00. The van der Waals surface area contributed by atoms with Crippen LogP contribution in [0.3, 0.4) is 0 Å². The highest BCUT2D eigenvalue weighted by Crippen LogP contribution is 2.27. The van der Waals surface area contributed by atoms with Crippen molar-refractivity contribution < 1.29 is 9.32 Å². The molecule has 1 N–H and O–H groups in total. The fraction of sp³-hybridized carbons (Fsp3) is 0.600. The maximum absolute atomic E-state index is 12.4. The van der Waals surface area contributed by atoms with Gasteiger partial charge in [-0.1, -0.05) is 5.16 Å². The van der Waals surface area contributed by atoms with E-state index in [0.29, 0.717) is 17.6 Å². The molecular formula is C15H22N6O2. The van der Waals surface area contributed by atoms with Crippen molar-refractivity contribution in [3.05, 3.63) is 29.9 Å². The molecule has 2 aromatic heterocycles. The van der Waals surface area contributed by atoms with Crippen molar-refractivity contribution in [1.29, 1.82) is 0 Å². The van der Waals surface area contributed by atoms with E-state index in [-0.39, 0.29) is 12.1 Å². The van der Waals surface area contributed by atoms with Gasteiger partial charge in [-0.15, -0.1) is 0 Å². The van der Waals surface area contributed by atoms with Crippen LogP contribution in [0.1, 0.15) is 49.1 Å². The quantitative estimate of drug-likeness (QED) is 0.931. The van der Waals surface area contributed by atoms with Gasteiger partial charge in [-0.2, -0.15) is 4.98 Å². The topological polar surface area (TPSA) is 89.1 Å². The van der Waals surface area contributed by atoms with E-state index >= 15 is 0 Å². The van der Waals surface area contributed by atoms with E-state index in [9.17, 15) is 4.79 Å². The normalized spacial score (nSPS) is 17.3. The standard InChI is InChI=1S/C15H22N6O2/c1-10(14-18-11(2)23-19-14)17-15(22)21-6-4-12(5-7-21)13-8-16-9-20(13)3/h8-10,12H,4-7H2,1-3H3,(H,17,22). The number of imidazole rings is 1. The van der Waals surface area contributed by atoms with Gasteiger partial charge in [-0.05, 0) is 19.8 Å². The van der Waals surface area contributed by atoms with Gasteiger partial charge >= 0.3 is 6.03 Å². The number of nitrogens with zero attached hydrogens (tertiary/aromatic N) is 5. The third-order valence-electron chi connectivity index (χ3n) is 4.32. The van der Waals surface area contributed by atoms with E-state index in [4.69, 9.17) is 4.52 Å². The zero-order valence-corrected chi connectivity index (χ0v) is 13.7. The Labute approximate surface area is 134 Å². The molecular weight excluding hydrogens is 296 g/mol. The number of piperidine rings is 1. The fourth-order valence-corrected chi connectivity index (χ4v) is 2.97. The van der Waals surface area contributed by atoms with Crippen molar-refractivity contribution in [2.24, 2.45) is 7.05 Å². The van der Waals surface area contributed by atoms with Crippen LogP contribution in [0.25, 0.3) is 0 Å². The number of hydrogen-bond donors (Lipinski definition) is 1. The average molecular weight is 318 g/mol. The molecule has 1 atom stereocenters. The van der Waals surface area contributed by atoms with E-state index < -0.39 is 0 Å². The second-order valence-corrected chi connectivity index (χ2v) is 6.03. The molecule has 8 nitrogen and oxygen atoms in total. The molecule has 1 fully saturated rings. The minimum atomic E-state index is -0.269. The summed E-state index contributed by atoms with van der Waals surface area (Å²) in [6.45, 7) is 5.05. The van der Waals surface area contributed by atoms with Gasteiger partial charge < -0.3 is 19.3 Å². The van der Waals surface area contributed by atoms with Crippen LogP contribution in [-0.2, 0) is 7.05 Å². The maximum Gasteiger partial charge on any atom is 0.317 e. The van der Waals surface area contributed by atoms with Gasteiger partial charge in [-0.25, -0.2) is 9.78 Å². The molecule has 0 radical (unpaired) electrons. The summed E-state index contributed by atoms with van der Waals surface area (Å²) in [4.78, 5) is 22.5. The molecule has 0 aliphatic carbocycles. The second-order valence-electron chi connectivity index (χ2n) is 6.03. The molecule has 0 spiro atoms. The van der Waals surface area contributed by atoms with Crippen molar-refractivity contribution in [2.45, 2.75) is 38.6 Å². The number of hydrogen-bond acceptors (Lipinski definition) is 5. The number of aromatic nitrogens is 4. The zero-order valence-electron chi connectivity index (χ0n) is 13.7. The van der Waals surface area contributed by atoms with E-state index in [1.54, 1.807) is 6.92 Å². The summed E-state index contributed by atoms with van der Waals surface area (Å²) in [6, 6.07) is -0.349. The predicted octanol–water partition coefficient (Wildman–Crippen LogP) is 1.76. The molecule has 23 heavy (non-hydrogen) atoms. The number of likely N-dealkylation sites (tertiary alicyclic amines) is 1. The van der Waals surface area contributed by atoms with E-state index in [1.807, 2.05) is 31.4 Å². The van der Waals surface area contributed by atoms with Crippen LogP contribution in [0.4, 0.5) is 4.79 Å². The Morgan fingerprint density at radius 2 is 2.17 bits per heavy atom. The fourth-order valence-electron chi connectivity index (χ4n) is 2.97. The first-order valence-corrected chi connectivity index (χ1v) is 7.86. The smallest absolute Gasteiger partial charge is 0.317 e. The summed E-state index contributed by atoms with van der Waals surface area (Å²) >= 11 is 0. The van der Waals surface area contributed by atoms with Gasteiger partial charge in [0.05, 0.1) is 12.4 Å². The third kappa shape index (κ3) is 3.35. The monoisotopic (exact) mass is 318 g/mol. The molecule has 3 rings (SSSR count). The van der Waals surface area contributed by atoms with Crippen molar-refractivity contribution in [2.75, 3.05) is 13.1 Å². The lowest BCUT2D eigenvalue weighted by atomic mass is 9.94. The highest BCUT2D eigenvalue weighted by molar-refractivity contribution is 5.74. The van der Waals surface area contributed by atoms with Crippen LogP contribution in [0, 0.1) is 6.92 Å². The molecule has 0 saturated carbocycles. The van der Waals surface area contributed by atoms with Gasteiger partial charge in [0.1, 0.15) is 0 Å². The Hall–Kier alpha value is -2.38. The minimum Gasteiger partial charge on any atom is -0.340 e. The van der Waals surface area contributed by atoms with Crippen LogP contribution >= 0.6 is 0 Å². The van der Waals surface area contributed by atoms with Crippen LogP contribution in [0.5, 0.6) is 0 Å². The summed E-state index contributed by atoms with van der Waals surface area (Å²) in [6.07, 6.45) is 5.63. The summed E-state index contributed by atoms with van der Waals surface area (Å²) in [5, 5.41) is 6.76. The van der Waals surface area contributed by atoms with Crippen molar-refractivity contribution in [1.82, 2.24) is 29.9 Å². The lowest BCUT2D eigenvalue weighted by molar-refractivity contribution is 0.177. The molecule has 8 heteroatoms. The van der Waals surface area contributed by atoms with Crippen molar-refractivity contribution >= 4 is 6.03 Å². The highest BCUT2D eigenvalue weighted by atomic mass is 16.5. The SMILES string of the molecule is Cc1nc(C(C)NC(=O)N2CCC(c3cncn3C)CC2)no1. The maximum atomic E-state index is 12.4. The summed E-state index contributed by atoms with van der Waals surface area (Å²) in [7, 11) is 2.01. The van der Waals surface area contributed by atoms with Crippen LogP contribution < -0.4 is 5.32 Å². The lowest BCUT2D eigenvalue weighted by Crippen LogP contribution is -2.45. The average Bonchev–Trinajstić information content (AvgIpc) is 3.16. The van der Waals surface area contributed by atoms with Crippen molar-refractivity contribution in [3.8, 4) is 0 Å². The summed E-state index contributed by atoms with van der Waals surface area (Å²) in [5.74, 6) is 1.46. The molecule has 1 saturated heterocycles. The van der Waals surface area contributed by atoms with E-state index in [0.717, 1.165) is 25.9 Å². The molecule has 0 bridgehead atoms. The number of amides is 2. The van der Waals surface area contributed by atoms with Crippen LogP contribution in [-0.4, -0.2) is 43.7 Å². The first kappa shape index (κ1) is 15.5. The first-order chi connectivity index (χ1) is 11.0. The first-order valence-electron chi connectivity index (χ1n) is 7.86. The van der Waals surface area contributed by atoms with Gasteiger partial charge in [0.15, 0.2) is 5.82 Å². The third-order valence-corrected chi connectivity index (χ3v) is 4.32. The number of carbonyl (C=O) groups excluding carboxylic acids is 1. The number of carbonyl (C=O) groups is 1. The molecule has 3 heterocycles. The molecule has 2 amide bonds. The Bertz CT molecular complexity index is 671. The largest absolute Gasteiger partial charge is 0.340 e. The van der Waals surface area contributed by atoms with Crippen LogP contribution in [0.2, 0.25) is 0 Å². The molecule has 1 aliphatic heterocycles. The Morgan fingerprint density at radius 1 is 1.43 bits per heavy atom. The Balaban J connectivity index is 1.53. The number of rotatable bonds is 3. The lowest BCUT2D eigenvalue weighted by Gasteiger charge is -2.32. The van der Waals surface area contributed by atoms with Gasteiger partial charge in [0.2, 0.25) is 5.89 Å². The Kier molecular flexibility index (Phi) is 4.31. The number of aryl methyl sites for hydroxylation is 2. The Morgan fingerprint density at radius 3 is 2.74 bits per heavy atom. The molecule has 1 unspecified atom stereocenters. The van der Waals surface area contributed by atoms with Gasteiger partial charge in [-0.3, -0.25) is 0 Å². The van der Waals surface area contributed by atoms with Crippen LogP contribution in [0.15, 0.2) is 17.0 Å². The highest BCUT2D eigenvalue weighted by Gasteiger charge is 2.26. The number of urea groups is 1. The van der Waals surface area contributed by atoms with Crippen molar-refractivity contribution in [3.63, 3.8) is 0 Å². The van der Waals surface area contributed by atoms with E-state index in [1.165, 1.54) is 5.69 Å². The molecule has 1 aliphatic rings. The molecule has 124 valence electrons. The zero-order chi connectivity index (χ0) is 16.4.